The van der Waals surface area contributed by atoms with Crippen LogP contribution in [-0.4, -0.2) is 22.2 Å². The summed E-state index contributed by atoms with van der Waals surface area (Å²) in [6.45, 7) is 5.81. The molecule has 2 atom stereocenters. The molecule has 0 aromatic rings. The third-order valence-electron chi connectivity index (χ3n) is 5.41. The topological polar surface area (TPSA) is 74.6 Å². The minimum absolute atomic E-state index is 0.221. The maximum absolute atomic E-state index is 12.1. The van der Waals surface area contributed by atoms with Gasteiger partial charge in [0.2, 0.25) is 0 Å². The summed E-state index contributed by atoms with van der Waals surface area (Å²) in [6.07, 6.45) is 9.89. The van der Waals surface area contributed by atoms with E-state index in [0.29, 0.717) is 19.3 Å². The van der Waals surface area contributed by atoms with Gasteiger partial charge in [-0.05, 0) is 25.2 Å². The summed E-state index contributed by atoms with van der Waals surface area (Å²) in [5.74, 6) is -2.15. The van der Waals surface area contributed by atoms with Crippen molar-refractivity contribution in [2.75, 3.05) is 0 Å². The zero-order chi connectivity index (χ0) is 16.8. The molecule has 0 saturated heterocycles. The van der Waals surface area contributed by atoms with E-state index in [1.165, 1.54) is 0 Å². The third kappa shape index (κ3) is 3.21. The molecular weight excluding hydrogens is 280 g/mol. The molecule has 4 nitrogen and oxygen atoms in total. The molecule has 0 aliphatic heterocycles. The summed E-state index contributed by atoms with van der Waals surface area (Å²) in [7, 11) is 0. The molecule has 0 bridgehead atoms. The highest BCUT2D eigenvalue weighted by molar-refractivity contribution is 5.87. The average Bonchev–Trinajstić information content (AvgIpc) is 2.46. The van der Waals surface area contributed by atoms with Crippen LogP contribution >= 0.6 is 0 Å². The summed E-state index contributed by atoms with van der Waals surface area (Å²) < 4.78 is 0. The van der Waals surface area contributed by atoms with Gasteiger partial charge in [-0.1, -0.05) is 65.0 Å². The van der Waals surface area contributed by atoms with Crippen molar-refractivity contribution in [2.45, 2.75) is 72.1 Å². The number of hydrogen-bond acceptors (Lipinski definition) is 2. The van der Waals surface area contributed by atoms with Crippen LogP contribution in [0, 0.1) is 16.7 Å². The highest BCUT2D eigenvalue weighted by Gasteiger charge is 2.62. The molecule has 1 rings (SSSR count). The SMILES string of the molecule is CCCCCCCC1(C(=O)O)CC=CCC1(C(=O)O)C(C)C. The van der Waals surface area contributed by atoms with Gasteiger partial charge in [0.15, 0.2) is 0 Å². The second kappa shape index (κ2) is 7.80. The van der Waals surface area contributed by atoms with Gasteiger partial charge in [0, 0.05) is 0 Å². The highest BCUT2D eigenvalue weighted by Crippen LogP contribution is 2.56. The van der Waals surface area contributed by atoms with Gasteiger partial charge in [0.25, 0.3) is 0 Å². The van der Waals surface area contributed by atoms with Crippen LogP contribution in [0.5, 0.6) is 0 Å². The fraction of sp³-hybridized carbons (Fsp3) is 0.778. The Hall–Kier alpha value is -1.32. The first kappa shape index (κ1) is 18.7. The summed E-state index contributed by atoms with van der Waals surface area (Å²) in [5, 5.41) is 19.8. The largest absolute Gasteiger partial charge is 0.481 e. The smallest absolute Gasteiger partial charge is 0.311 e. The van der Waals surface area contributed by atoms with Crippen molar-refractivity contribution in [3.05, 3.63) is 12.2 Å². The van der Waals surface area contributed by atoms with E-state index in [1.54, 1.807) is 0 Å². The lowest BCUT2D eigenvalue weighted by molar-refractivity contribution is -0.181. The summed E-state index contributed by atoms with van der Waals surface area (Å²) in [5.41, 5.74) is -2.40. The zero-order valence-corrected chi connectivity index (χ0v) is 14.1. The van der Waals surface area contributed by atoms with Gasteiger partial charge in [0.05, 0.1) is 10.8 Å². The van der Waals surface area contributed by atoms with Crippen LogP contribution in [0.25, 0.3) is 0 Å². The van der Waals surface area contributed by atoms with Crippen molar-refractivity contribution in [3.8, 4) is 0 Å². The molecule has 126 valence electrons. The normalized spacial score (nSPS) is 28.0. The Morgan fingerprint density at radius 3 is 2.09 bits per heavy atom. The first-order valence-corrected chi connectivity index (χ1v) is 8.47. The fourth-order valence-electron chi connectivity index (χ4n) is 4.00. The van der Waals surface area contributed by atoms with Crippen LogP contribution in [0.15, 0.2) is 12.2 Å². The van der Waals surface area contributed by atoms with E-state index in [9.17, 15) is 19.8 Å². The predicted octanol–water partition coefficient (Wildman–Crippen LogP) is 4.49. The standard InChI is InChI=1S/C18H30O4/c1-4-5-6-7-8-11-17(15(19)20)12-9-10-13-18(17,14(2)3)16(21)22/h9-10,14H,4-8,11-13H2,1-3H3,(H,19,20)(H,21,22). The molecular formula is C18H30O4. The minimum Gasteiger partial charge on any atom is -0.481 e. The van der Waals surface area contributed by atoms with Gasteiger partial charge in [-0.3, -0.25) is 9.59 Å². The molecule has 0 radical (unpaired) electrons. The second-order valence-corrected chi connectivity index (χ2v) is 6.86. The van der Waals surface area contributed by atoms with Crippen LogP contribution in [0.2, 0.25) is 0 Å². The number of carboxylic acids is 2. The first-order chi connectivity index (χ1) is 10.3. The van der Waals surface area contributed by atoms with E-state index in [0.717, 1.165) is 32.1 Å². The van der Waals surface area contributed by atoms with Gasteiger partial charge >= 0.3 is 11.9 Å². The second-order valence-electron chi connectivity index (χ2n) is 6.86. The number of hydrogen-bond donors (Lipinski definition) is 2. The molecule has 0 fully saturated rings. The Labute approximate surface area is 133 Å². The summed E-state index contributed by atoms with van der Waals surface area (Å²) >= 11 is 0. The number of unbranched alkanes of at least 4 members (excludes halogenated alkanes) is 4. The molecule has 4 heteroatoms. The van der Waals surface area contributed by atoms with Crippen molar-refractivity contribution < 1.29 is 19.8 Å². The lowest BCUT2D eigenvalue weighted by Crippen LogP contribution is -2.56. The van der Waals surface area contributed by atoms with Crippen LogP contribution in [-0.2, 0) is 9.59 Å². The lowest BCUT2D eigenvalue weighted by atomic mass is 9.51. The quantitative estimate of drug-likeness (QED) is 0.486. The van der Waals surface area contributed by atoms with Crippen molar-refractivity contribution >= 4 is 11.9 Å². The lowest BCUT2D eigenvalue weighted by Gasteiger charge is -2.49. The molecule has 2 N–H and O–H groups in total. The first-order valence-electron chi connectivity index (χ1n) is 8.47. The number of allylic oxidation sites excluding steroid dienone is 2. The third-order valence-corrected chi connectivity index (χ3v) is 5.41. The van der Waals surface area contributed by atoms with Crippen LogP contribution < -0.4 is 0 Å². The van der Waals surface area contributed by atoms with E-state index in [2.05, 4.69) is 6.92 Å². The molecule has 22 heavy (non-hydrogen) atoms. The Balaban J connectivity index is 3.08. The van der Waals surface area contributed by atoms with Crippen molar-refractivity contribution in [1.29, 1.82) is 0 Å². The van der Waals surface area contributed by atoms with Gasteiger partial charge in [-0.15, -0.1) is 0 Å². The monoisotopic (exact) mass is 310 g/mol. The van der Waals surface area contributed by atoms with Crippen LogP contribution in [0.3, 0.4) is 0 Å². The van der Waals surface area contributed by atoms with Crippen molar-refractivity contribution in [3.63, 3.8) is 0 Å². The predicted molar refractivity (Wildman–Crippen MR) is 86.7 cm³/mol. The molecule has 0 spiro atoms. The molecule has 0 aromatic carbocycles. The molecule has 0 amide bonds. The molecule has 0 aromatic heterocycles. The number of rotatable bonds is 9. The molecule has 1 aliphatic rings. The van der Waals surface area contributed by atoms with E-state index in [4.69, 9.17) is 0 Å². The van der Waals surface area contributed by atoms with Crippen LogP contribution in [0.1, 0.15) is 72.1 Å². The molecule has 2 unspecified atom stereocenters. The molecule has 0 saturated carbocycles. The number of carboxylic acid groups (broad SMARTS) is 2. The Morgan fingerprint density at radius 2 is 1.59 bits per heavy atom. The van der Waals surface area contributed by atoms with Crippen molar-refractivity contribution in [1.82, 2.24) is 0 Å². The average molecular weight is 310 g/mol. The highest BCUT2D eigenvalue weighted by atomic mass is 16.4. The summed E-state index contributed by atoms with van der Waals surface area (Å²) in [6, 6.07) is 0. The van der Waals surface area contributed by atoms with Crippen molar-refractivity contribution in [2.24, 2.45) is 16.7 Å². The maximum atomic E-state index is 12.1. The number of aliphatic carboxylic acids is 2. The fourth-order valence-corrected chi connectivity index (χ4v) is 4.00. The van der Waals surface area contributed by atoms with E-state index < -0.39 is 22.8 Å². The Kier molecular flexibility index (Phi) is 6.64. The zero-order valence-electron chi connectivity index (χ0n) is 14.1. The van der Waals surface area contributed by atoms with E-state index >= 15 is 0 Å². The van der Waals surface area contributed by atoms with Gasteiger partial charge < -0.3 is 10.2 Å². The maximum Gasteiger partial charge on any atom is 0.311 e. The summed E-state index contributed by atoms with van der Waals surface area (Å²) in [4.78, 5) is 24.2. The minimum atomic E-state index is -1.21. The Morgan fingerprint density at radius 1 is 1.00 bits per heavy atom. The van der Waals surface area contributed by atoms with Gasteiger partial charge in [-0.25, -0.2) is 0 Å². The molecule has 1 aliphatic carbocycles. The van der Waals surface area contributed by atoms with E-state index in [-0.39, 0.29) is 5.92 Å². The van der Waals surface area contributed by atoms with E-state index in [1.807, 2.05) is 26.0 Å². The van der Waals surface area contributed by atoms with Gasteiger partial charge in [0.1, 0.15) is 0 Å². The number of carbonyl (C=O) groups is 2. The Bertz CT molecular complexity index is 427. The van der Waals surface area contributed by atoms with Gasteiger partial charge in [-0.2, -0.15) is 0 Å². The molecule has 0 heterocycles. The van der Waals surface area contributed by atoms with Crippen LogP contribution in [0.4, 0.5) is 0 Å².